The number of nitrogens with one attached hydrogen (secondary N) is 2. The van der Waals surface area contributed by atoms with Crippen molar-refractivity contribution in [3.8, 4) is 5.75 Å². The molecular weight excluding hydrogens is 769 g/mol. The SMILES string of the molecule is Cn1c(=O)n(C2CCC(=O)NC2=O)c2cccc(OC3CCN(C4CCC(N=C/C(NC(=O)c5cnn6ccc(N7C[C@H]8C[C@@H]7CO8)nc56)=C(\N)C(F)F)CC4)CC3)c21. The highest BCUT2D eigenvalue weighted by Crippen LogP contribution is 2.34. The number of halogens is 2. The maximum atomic E-state index is 13.9. The van der Waals surface area contributed by atoms with E-state index in [2.05, 4.69) is 30.5 Å². The van der Waals surface area contributed by atoms with Gasteiger partial charge in [0, 0.05) is 51.6 Å². The number of morpholine rings is 1. The van der Waals surface area contributed by atoms with Crippen LogP contribution in [0.25, 0.3) is 16.7 Å². The number of carbonyl (C=O) groups excluding carboxylic acids is 3. The normalized spacial score (nSPS) is 26.0. The first kappa shape index (κ1) is 38.8. The standard InChI is InChI=1S/C40H47F2N11O6/c1-49-35-29(53(40(49)57)30-9-10-33(54)48-39(30)56)3-2-4-31(35)59-25-11-14-50(15-12-25)23-7-5-22(6-8-23)44-19-28(34(43)36(41)42)46-38(55)27-18-45-52-16-13-32(47-37(27)52)51-20-26-17-24(51)21-58-26/h2-4,13,16,18-19,22-26,30,36H,5-12,14-15,17,20-21,43H2,1H3,(H,46,55)(H,48,54,56)/b34-28+,44-19?/t22?,23?,24-,26-,30?/m1/s1. The average molecular weight is 816 g/mol. The second-order valence-electron chi connectivity index (χ2n) is 16.1. The number of anilines is 1. The number of ether oxygens (including phenoxy) is 2. The number of aliphatic imine (C=N–C) groups is 1. The van der Waals surface area contributed by atoms with Gasteiger partial charge in [0.1, 0.15) is 40.5 Å². The van der Waals surface area contributed by atoms with Crippen LogP contribution >= 0.6 is 0 Å². The summed E-state index contributed by atoms with van der Waals surface area (Å²) in [6.45, 7) is 2.99. The van der Waals surface area contributed by atoms with Crippen molar-refractivity contribution in [2.75, 3.05) is 31.1 Å². The Morgan fingerprint density at radius 1 is 1.08 bits per heavy atom. The van der Waals surface area contributed by atoms with E-state index in [1.807, 2.05) is 18.2 Å². The number of nitrogens with two attached hydrogens (primary N) is 1. The van der Waals surface area contributed by atoms with Crippen molar-refractivity contribution < 1.29 is 32.6 Å². The van der Waals surface area contributed by atoms with Crippen LogP contribution in [0.3, 0.4) is 0 Å². The number of alkyl halides is 2. The molecule has 17 nitrogen and oxygen atoms in total. The molecule has 1 saturated carbocycles. The number of hydrogen-bond acceptors (Lipinski definition) is 12. The maximum absolute atomic E-state index is 13.9. The Morgan fingerprint density at radius 3 is 2.59 bits per heavy atom. The van der Waals surface area contributed by atoms with Crippen LogP contribution in [-0.2, 0) is 21.4 Å². The predicted molar refractivity (Wildman–Crippen MR) is 212 cm³/mol. The zero-order valence-corrected chi connectivity index (χ0v) is 32.6. The zero-order valence-electron chi connectivity index (χ0n) is 32.6. The van der Waals surface area contributed by atoms with E-state index >= 15 is 0 Å². The van der Waals surface area contributed by atoms with E-state index in [-0.39, 0.29) is 60.0 Å². The molecule has 3 amide bonds. The summed E-state index contributed by atoms with van der Waals surface area (Å²) in [6, 6.07) is 6.95. The number of imide groups is 1. The summed E-state index contributed by atoms with van der Waals surface area (Å²) in [7, 11) is 1.66. The molecule has 1 unspecified atom stereocenters. The van der Waals surface area contributed by atoms with Gasteiger partial charge in [-0.05, 0) is 69.6 Å². The van der Waals surface area contributed by atoms with Crippen LogP contribution in [0.1, 0.15) is 74.2 Å². The zero-order chi connectivity index (χ0) is 40.9. The van der Waals surface area contributed by atoms with Gasteiger partial charge in [-0.1, -0.05) is 6.07 Å². The van der Waals surface area contributed by atoms with E-state index in [9.17, 15) is 28.0 Å². The minimum atomic E-state index is -3.00. The molecule has 3 aromatic heterocycles. The van der Waals surface area contributed by atoms with Crippen molar-refractivity contribution in [1.29, 1.82) is 0 Å². The van der Waals surface area contributed by atoms with Crippen molar-refractivity contribution in [2.24, 2.45) is 17.8 Å². The third-order valence-corrected chi connectivity index (χ3v) is 12.5. The number of benzene rings is 1. The van der Waals surface area contributed by atoms with E-state index in [4.69, 9.17) is 20.2 Å². The first-order chi connectivity index (χ1) is 28.5. The number of nitrogens with zero attached hydrogens (tertiary/aromatic N) is 8. The second kappa shape index (κ2) is 15.8. The number of amides is 3. The lowest BCUT2D eigenvalue weighted by Crippen LogP contribution is -2.45. The number of carbonyl (C=O) groups is 3. The second-order valence-corrected chi connectivity index (χ2v) is 16.1. The first-order valence-electron chi connectivity index (χ1n) is 20.3. The van der Waals surface area contributed by atoms with Crippen LogP contribution in [-0.4, -0.2) is 116 Å². The third kappa shape index (κ3) is 7.45. The van der Waals surface area contributed by atoms with Crippen LogP contribution < -0.4 is 31.7 Å². The molecule has 9 rings (SSSR count). The van der Waals surface area contributed by atoms with E-state index in [0.717, 1.165) is 58.0 Å². The number of hydrogen-bond donors (Lipinski definition) is 3. The van der Waals surface area contributed by atoms with Gasteiger partial charge in [-0.2, -0.15) is 5.10 Å². The number of piperidine rings is 2. The molecule has 0 spiro atoms. The minimum absolute atomic E-state index is 0.0682. The summed E-state index contributed by atoms with van der Waals surface area (Å²) < 4.78 is 44.5. The molecule has 5 aliphatic rings. The van der Waals surface area contributed by atoms with Gasteiger partial charge in [0.05, 0.1) is 42.2 Å². The topological polar surface area (TPSA) is 196 Å². The van der Waals surface area contributed by atoms with Crippen molar-refractivity contribution in [3.05, 3.63) is 64.1 Å². The van der Waals surface area contributed by atoms with Crippen molar-refractivity contribution in [2.45, 2.75) is 101 Å². The van der Waals surface area contributed by atoms with Crippen LogP contribution in [0.15, 0.2) is 57.8 Å². The number of aromatic nitrogens is 5. The molecule has 2 bridgehead atoms. The Balaban J connectivity index is 0.798. The number of fused-ring (bicyclic) bond motifs is 4. The Bertz CT molecular complexity index is 2410. The summed E-state index contributed by atoms with van der Waals surface area (Å²) in [4.78, 5) is 65.2. The molecule has 19 heteroatoms. The third-order valence-electron chi connectivity index (χ3n) is 12.5. The predicted octanol–water partition coefficient (Wildman–Crippen LogP) is 2.43. The molecule has 3 atom stereocenters. The monoisotopic (exact) mass is 815 g/mol. The van der Waals surface area contributed by atoms with Crippen LogP contribution in [0.2, 0.25) is 0 Å². The van der Waals surface area contributed by atoms with Crippen molar-refractivity contribution in [1.82, 2.24) is 39.3 Å². The lowest BCUT2D eigenvalue weighted by molar-refractivity contribution is -0.135. The lowest BCUT2D eigenvalue weighted by atomic mass is 9.89. The van der Waals surface area contributed by atoms with Gasteiger partial charge >= 0.3 is 5.69 Å². The van der Waals surface area contributed by atoms with E-state index < -0.39 is 30.0 Å². The largest absolute Gasteiger partial charge is 0.488 e. The molecule has 1 aliphatic carbocycles. The van der Waals surface area contributed by atoms with Crippen molar-refractivity contribution in [3.63, 3.8) is 0 Å². The summed E-state index contributed by atoms with van der Waals surface area (Å²) in [5.41, 5.74) is 6.06. The van der Waals surface area contributed by atoms with Gasteiger partial charge in [0.15, 0.2) is 5.65 Å². The molecule has 4 aliphatic heterocycles. The average Bonchev–Trinajstić information content (AvgIpc) is 4.04. The highest BCUT2D eigenvalue weighted by atomic mass is 19.3. The molecule has 4 aromatic rings. The first-order valence-corrected chi connectivity index (χ1v) is 20.3. The van der Waals surface area contributed by atoms with Crippen LogP contribution in [0.4, 0.5) is 14.6 Å². The van der Waals surface area contributed by atoms with Gasteiger partial charge in [-0.25, -0.2) is 23.1 Å². The number of allylic oxidation sites excluding steroid dienone is 2. The molecule has 1 aromatic carbocycles. The van der Waals surface area contributed by atoms with E-state index in [1.165, 1.54) is 26.1 Å². The Morgan fingerprint density at radius 2 is 1.88 bits per heavy atom. The van der Waals surface area contributed by atoms with Crippen molar-refractivity contribution >= 4 is 46.4 Å². The number of rotatable bonds is 10. The lowest BCUT2D eigenvalue weighted by Gasteiger charge is -2.40. The maximum Gasteiger partial charge on any atom is 0.329 e. The molecule has 4 N–H and O–H groups in total. The van der Waals surface area contributed by atoms with E-state index in [1.54, 1.807) is 19.3 Å². The molecule has 4 saturated heterocycles. The number of likely N-dealkylation sites (tertiary alicyclic amines) is 1. The highest BCUT2D eigenvalue weighted by Gasteiger charge is 2.40. The smallest absolute Gasteiger partial charge is 0.329 e. The van der Waals surface area contributed by atoms with Gasteiger partial charge < -0.3 is 30.3 Å². The fourth-order valence-corrected chi connectivity index (χ4v) is 9.36. The molecule has 0 radical (unpaired) electrons. The van der Waals surface area contributed by atoms with Crippen LogP contribution in [0.5, 0.6) is 5.75 Å². The molecule has 312 valence electrons. The highest BCUT2D eigenvalue weighted by molar-refractivity contribution is 6.03. The van der Waals surface area contributed by atoms with Gasteiger partial charge in [-0.3, -0.25) is 33.8 Å². The molecular formula is C40H47F2N11O6. The molecule has 7 heterocycles. The minimum Gasteiger partial charge on any atom is -0.488 e. The molecule has 59 heavy (non-hydrogen) atoms. The fourth-order valence-electron chi connectivity index (χ4n) is 9.36. The van der Waals surface area contributed by atoms with Gasteiger partial charge in [0.2, 0.25) is 11.8 Å². The summed E-state index contributed by atoms with van der Waals surface area (Å²) >= 11 is 0. The Hall–Kier alpha value is -5.69. The van der Waals surface area contributed by atoms with Gasteiger partial charge in [0.25, 0.3) is 12.3 Å². The van der Waals surface area contributed by atoms with Crippen LogP contribution in [0, 0.1) is 0 Å². The van der Waals surface area contributed by atoms with E-state index in [0.29, 0.717) is 47.4 Å². The quantitative estimate of drug-likeness (QED) is 0.157. The number of aryl methyl sites for hydroxylation is 1. The molecule has 5 fully saturated rings. The van der Waals surface area contributed by atoms with Gasteiger partial charge in [-0.15, -0.1) is 0 Å². The Kier molecular flexibility index (Phi) is 10.4. The summed E-state index contributed by atoms with van der Waals surface area (Å²) in [5.74, 6) is -0.212. The number of imidazole rings is 1. The summed E-state index contributed by atoms with van der Waals surface area (Å²) in [6.07, 6.45) is 7.59. The fraction of sp³-hybridized carbons (Fsp3) is 0.525. The Labute approximate surface area is 337 Å². The number of para-hydroxylation sites is 1. The summed E-state index contributed by atoms with van der Waals surface area (Å²) in [5, 5.41) is 9.15.